The Balaban J connectivity index is 1.91. The minimum Gasteiger partial charge on any atom is -0.480 e. The number of aliphatic carboxylic acids is 1. The van der Waals surface area contributed by atoms with Gasteiger partial charge in [-0.1, -0.05) is 31.2 Å². The molecule has 27 heavy (non-hydrogen) atoms. The average molecular weight is 376 g/mol. The molecule has 150 valence electrons. The van der Waals surface area contributed by atoms with Gasteiger partial charge in [0.15, 0.2) is 0 Å². The topological polar surface area (TPSA) is 64.1 Å². The first kappa shape index (κ1) is 21.4. The predicted molar refractivity (Wildman–Crippen MR) is 107 cm³/mol. The number of rotatable bonds is 8. The highest BCUT2D eigenvalue weighted by atomic mass is 16.4. The van der Waals surface area contributed by atoms with Crippen LogP contribution < -0.4 is 0 Å². The Hall–Kier alpha value is -1.92. The first-order chi connectivity index (χ1) is 12.9. The quantitative estimate of drug-likeness (QED) is 0.755. The number of carboxylic acid groups (broad SMARTS) is 1. The normalized spacial score (nSPS) is 17.0. The SMILES string of the molecule is CC[C@H](C)N(CC(=O)O)CC(=O)N1CCCN(Cc2ccccc2C)CC1. The van der Waals surface area contributed by atoms with Crippen molar-refractivity contribution in [2.45, 2.75) is 46.2 Å². The van der Waals surface area contributed by atoms with Gasteiger partial charge in [0.05, 0.1) is 13.1 Å². The number of nitrogens with zero attached hydrogens (tertiary/aromatic N) is 3. The van der Waals surface area contributed by atoms with Crippen LogP contribution >= 0.6 is 0 Å². The van der Waals surface area contributed by atoms with Gasteiger partial charge < -0.3 is 10.0 Å². The highest BCUT2D eigenvalue weighted by Gasteiger charge is 2.24. The van der Waals surface area contributed by atoms with Crippen LogP contribution in [0.3, 0.4) is 0 Å². The fourth-order valence-corrected chi connectivity index (χ4v) is 3.48. The van der Waals surface area contributed by atoms with Gasteiger partial charge in [-0.3, -0.25) is 19.4 Å². The van der Waals surface area contributed by atoms with Gasteiger partial charge in [0.2, 0.25) is 5.91 Å². The van der Waals surface area contributed by atoms with E-state index in [2.05, 4.69) is 36.1 Å². The molecule has 6 heteroatoms. The number of carboxylic acids is 1. The summed E-state index contributed by atoms with van der Waals surface area (Å²) in [5.74, 6) is -0.849. The molecule has 1 aromatic rings. The van der Waals surface area contributed by atoms with Crippen LogP contribution in [0.25, 0.3) is 0 Å². The van der Waals surface area contributed by atoms with Crippen molar-refractivity contribution in [2.75, 3.05) is 39.3 Å². The van der Waals surface area contributed by atoms with Gasteiger partial charge in [-0.25, -0.2) is 0 Å². The van der Waals surface area contributed by atoms with Crippen molar-refractivity contribution in [3.05, 3.63) is 35.4 Å². The Labute approximate surface area is 162 Å². The summed E-state index contributed by atoms with van der Waals surface area (Å²) in [6.07, 6.45) is 1.77. The lowest BCUT2D eigenvalue weighted by molar-refractivity contribution is -0.140. The van der Waals surface area contributed by atoms with Crippen molar-refractivity contribution in [3.63, 3.8) is 0 Å². The third kappa shape index (κ3) is 6.63. The Bertz CT molecular complexity index is 635. The largest absolute Gasteiger partial charge is 0.480 e. The van der Waals surface area contributed by atoms with Crippen LogP contribution in [0, 0.1) is 6.92 Å². The molecule has 1 aromatic carbocycles. The van der Waals surface area contributed by atoms with Gasteiger partial charge in [0.25, 0.3) is 0 Å². The third-order valence-corrected chi connectivity index (χ3v) is 5.49. The molecule has 1 amide bonds. The van der Waals surface area contributed by atoms with Crippen LogP contribution in [0.2, 0.25) is 0 Å². The molecular formula is C21H33N3O3. The van der Waals surface area contributed by atoms with E-state index in [9.17, 15) is 9.59 Å². The lowest BCUT2D eigenvalue weighted by Crippen LogP contribution is -2.46. The minimum absolute atomic E-state index is 0.0364. The first-order valence-electron chi connectivity index (χ1n) is 9.91. The Kier molecular flexibility index (Phi) is 8.25. The molecule has 1 aliphatic heterocycles. The number of hydrogen-bond acceptors (Lipinski definition) is 4. The van der Waals surface area contributed by atoms with Crippen LogP contribution in [0.1, 0.15) is 37.8 Å². The van der Waals surface area contributed by atoms with E-state index in [-0.39, 0.29) is 25.0 Å². The van der Waals surface area contributed by atoms with Gasteiger partial charge >= 0.3 is 5.97 Å². The van der Waals surface area contributed by atoms with Gasteiger partial charge in [0, 0.05) is 38.8 Å². The summed E-state index contributed by atoms with van der Waals surface area (Å²) in [6, 6.07) is 8.51. The molecule has 1 atom stereocenters. The van der Waals surface area contributed by atoms with E-state index in [0.717, 1.165) is 39.0 Å². The highest BCUT2D eigenvalue weighted by Crippen LogP contribution is 2.13. The molecule has 1 heterocycles. The number of carbonyl (C=O) groups is 2. The standard InChI is InChI=1S/C21H33N3O3/c1-4-18(3)24(16-21(26)27)15-20(25)23-11-7-10-22(12-13-23)14-19-9-6-5-8-17(19)2/h5-6,8-9,18H,4,7,10-16H2,1-3H3,(H,26,27)/t18-/m0/s1. The number of aryl methyl sites for hydroxylation is 1. The van der Waals surface area contributed by atoms with Crippen molar-refractivity contribution in [3.8, 4) is 0 Å². The monoisotopic (exact) mass is 375 g/mol. The lowest BCUT2D eigenvalue weighted by atomic mass is 10.1. The second-order valence-corrected chi connectivity index (χ2v) is 7.49. The summed E-state index contributed by atoms with van der Waals surface area (Å²) in [5, 5.41) is 9.12. The van der Waals surface area contributed by atoms with E-state index in [0.29, 0.717) is 6.54 Å². The summed E-state index contributed by atoms with van der Waals surface area (Å²) in [4.78, 5) is 29.9. The van der Waals surface area contributed by atoms with Crippen molar-refractivity contribution < 1.29 is 14.7 Å². The van der Waals surface area contributed by atoms with Crippen LogP contribution in [0.15, 0.2) is 24.3 Å². The minimum atomic E-state index is -0.886. The Morgan fingerprint density at radius 2 is 1.89 bits per heavy atom. The molecule has 2 rings (SSSR count). The fraction of sp³-hybridized carbons (Fsp3) is 0.619. The maximum absolute atomic E-state index is 12.8. The van der Waals surface area contributed by atoms with Crippen LogP contribution in [-0.2, 0) is 16.1 Å². The smallest absolute Gasteiger partial charge is 0.317 e. The summed E-state index contributed by atoms with van der Waals surface area (Å²) in [7, 11) is 0. The second-order valence-electron chi connectivity index (χ2n) is 7.49. The lowest BCUT2D eigenvalue weighted by Gasteiger charge is -2.29. The van der Waals surface area contributed by atoms with Crippen molar-refractivity contribution in [2.24, 2.45) is 0 Å². The van der Waals surface area contributed by atoms with E-state index >= 15 is 0 Å². The molecule has 0 aliphatic carbocycles. The number of benzene rings is 1. The first-order valence-corrected chi connectivity index (χ1v) is 9.91. The molecule has 1 aliphatic rings. The molecule has 1 N–H and O–H groups in total. The van der Waals surface area contributed by atoms with Crippen LogP contribution in [-0.4, -0.2) is 77.0 Å². The zero-order chi connectivity index (χ0) is 19.8. The number of hydrogen-bond donors (Lipinski definition) is 1. The molecule has 0 saturated carbocycles. The van der Waals surface area contributed by atoms with Gasteiger partial charge in [-0.2, -0.15) is 0 Å². The molecule has 6 nitrogen and oxygen atoms in total. The Morgan fingerprint density at radius 3 is 2.56 bits per heavy atom. The van der Waals surface area contributed by atoms with Crippen molar-refractivity contribution in [1.29, 1.82) is 0 Å². The van der Waals surface area contributed by atoms with Crippen molar-refractivity contribution in [1.82, 2.24) is 14.7 Å². The van der Waals surface area contributed by atoms with E-state index in [1.165, 1.54) is 11.1 Å². The van der Waals surface area contributed by atoms with Gasteiger partial charge in [-0.05, 0) is 37.8 Å². The summed E-state index contributed by atoms with van der Waals surface area (Å²) < 4.78 is 0. The highest BCUT2D eigenvalue weighted by molar-refractivity contribution is 5.79. The maximum atomic E-state index is 12.8. The van der Waals surface area contributed by atoms with E-state index in [1.54, 1.807) is 4.90 Å². The van der Waals surface area contributed by atoms with E-state index < -0.39 is 5.97 Å². The molecule has 0 aromatic heterocycles. The fourth-order valence-electron chi connectivity index (χ4n) is 3.48. The zero-order valence-electron chi connectivity index (χ0n) is 16.9. The maximum Gasteiger partial charge on any atom is 0.317 e. The van der Waals surface area contributed by atoms with Crippen LogP contribution in [0.4, 0.5) is 0 Å². The summed E-state index contributed by atoms with van der Waals surface area (Å²) >= 11 is 0. The molecule has 0 bridgehead atoms. The summed E-state index contributed by atoms with van der Waals surface area (Å²) in [5.41, 5.74) is 2.63. The molecular weight excluding hydrogens is 342 g/mol. The summed E-state index contributed by atoms with van der Waals surface area (Å²) in [6.45, 7) is 10.4. The molecule has 0 unspecified atom stereocenters. The molecule has 1 saturated heterocycles. The third-order valence-electron chi connectivity index (χ3n) is 5.49. The van der Waals surface area contributed by atoms with E-state index in [1.807, 2.05) is 18.7 Å². The second kappa shape index (κ2) is 10.4. The molecule has 1 fully saturated rings. The molecule has 0 spiro atoms. The predicted octanol–water partition coefficient (Wildman–Crippen LogP) is 2.21. The van der Waals surface area contributed by atoms with Gasteiger partial charge in [0.1, 0.15) is 0 Å². The average Bonchev–Trinajstić information content (AvgIpc) is 2.87. The Morgan fingerprint density at radius 1 is 1.15 bits per heavy atom. The van der Waals surface area contributed by atoms with Gasteiger partial charge in [-0.15, -0.1) is 0 Å². The van der Waals surface area contributed by atoms with Crippen LogP contribution in [0.5, 0.6) is 0 Å². The van der Waals surface area contributed by atoms with Crippen molar-refractivity contribution >= 4 is 11.9 Å². The number of amides is 1. The van der Waals surface area contributed by atoms with E-state index in [4.69, 9.17) is 5.11 Å². The molecule has 0 radical (unpaired) electrons. The zero-order valence-corrected chi connectivity index (χ0v) is 16.9. The number of carbonyl (C=O) groups excluding carboxylic acids is 1.